The molecule has 0 aliphatic carbocycles. The van der Waals surface area contributed by atoms with E-state index in [0.29, 0.717) is 22.1 Å². The lowest BCUT2D eigenvalue weighted by atomic mass is 10.2. The van der Waals surface area contributed by atoms with E-state index in [9.17, 15) is 5.11 Å². The van der Waals surface area contributed by atoms with Crippen LogP contribution in [0.3, 0.4) is 0 Å². The number of aliphatic hydroxyl groups is 1. The Hall–Kier alpha value is -1.43. The Bertz CT molecular complexity index is 651. The van der Waals surface area contributed by atoms with Gasteiger partial charge in [0.25, 0.3) is 0 Å². The molecule has 86 valence electrons. The molecule has 0 saturated carbocycles. The summed E-state index contributed by atoms with van der Waals surface area (Å²) in [6.07, 6.45) is -0.905. The van der Waals surface area contributed by atoms with E-state index in [-0.39, 0.29) is 0 Å². The first-order chi connectivity index (χ1) is 8.25. The van der Waals surface area contributed by atoms with Crippen LogP contribution in [0.5, 0.6) is 0 Å². The van der Waals surface area contributed by atoms with Crippen molar-refractivity contribution in [1.29, 1.82) is 0 Å². The first kappa shape index (κ1) is 10.7. The molecule has 4 nitrogen and oxygen atoms in total. The molecule has 0 spiro atoms. The van der Waals surface area contributed by atoms with Gasteiger partial charge in [-0.15, -0.1) is 5.10 Å². The first-order valence-corrected chi connectivity index (χ1v) is 6.10. The lowest BCUT2D eigenvalue weighted by Gasteiger charge is -2.01. The second kappa shape index (κ2) is 4.10. The fraction of sp³-hybridized carbons (Fsp3) is 0.0909. The highest BCUT2D eigenvalue weighted by atomic mass is 35.5. The van der Waals surface area contributed by atoms with Crippen molar-refractivity contribution in [3.63, 3.8) is 0 Å². The fourth-order valence-corrected chi connectivity index (χ4v) is 2.31. The van der Waals surface area contributed by atoms with Crippen LogP contribution in [0.2, 0.25) is 5.02 Å². The quantitative estimate of drug-likeness (QED) is 0.775. The summed E-state index contributed by atoms with van der Waals surface area (Å²) >= 11 is 7.18. The molecule has 0 amide bonds. The predicted octanol–water partition coefficient (Wildman–Crippen LogP) is 3.02. The summed E-state index contributed by atoms with van der Waals surface area (Å²) in [6.45, 7) is 0. The standard InChI is InChI=1S/C11H7ClN2O2S/c12-7-3-1-2-6-4-9(16-11(6)7)10(15)8-5-17-14-13-8/h1-5,10,15H. The van der Waals surface area contributed by atoms with Crippen molar-refractivity contribution in [2.45, 2.75) is 6.10 Å². The molecular weight excluding hydrogens is 260 g/mol. The number of hydrogen-bond donors (Lipinski definition) is 1. The third-order valence-corrected chi connectivity index (χ3v) is 3.26. The van der Waals surface area contributed by atoms with E-state index in [1.807, 2.05) is 12.1 Å². The van der Waals surface area contributed by atoms with Crippen LogP contribution in [0, 0.1) is 0 Å². The summed E-state index contributed by atoms with van der Waals surface area (Å²) < 4.78 is 9.24. The van der Waals surface area contributed by atoms with Crippen LogP contribution in [0.15, 0.2) is 34.1 Å². The minimum absolute atomic E-state index is 0.417. The predicted molar refractivity (Wildman–Crippen MR) is 65.2 cm³/mol. The number of halogens is 1. The molecule has 1 aromatic carbocycles. The molecule has 0 saturated heterocycles. The molecule has 3 rings (SSSR count). The average Bonchev–Trinajstić information content (AvgIpc) is 2.98. The largest absolute Gasteiger partial charge is 0.456 e. The zero-order chi connectivity index (χ0) is 11.8. The highest BCUT2D eigenvalue weighted by molar-refractivity contribution is 7.03. The van der Waals surface area contributed by atoms with Gasteiger partial charge in [0.2, 0.25) is 0 Å². The van der Waals surface area contributed by atoms with Crippen LogP contribution < -0.4 is 0 Å². The van der Waals surface area contributed by atoms with Crippen LogP contribution in [-0.4, -0.2) is 14.7 Å². The summed E-state index contributed by atoms with van der Waals surface area (Å²) in [5.74, 6) is 0.417. The van der Waals surface area contributed by atoms with Gasteiger partial charge in [-0.2, -0.15) is 0 Å². The lowest BCUT2D eigenvalue weighted by molar-refractivity contribution is 0.187. The molecule has 6 heteroatoms. The molecule has 1 N–H and O–H groups in total. The van der Waals surface area contributed by atoms with Crippen LogP contribution in [0.25, 0.3) is 11.0 Å². The summed E-state index contributed by atoms with van der Waals surface area (Å²) in [6, 6.07) is 7.21. The summed E-state index contributed by atoms with van der Waals surface area (Å²) in [4.78, 5) is 0. The number of furan rings is 1. The van der Waals surface area contributed by atoms with Crippen molar-refractivity contribution in [2.75, 3.05) is 0 Å². The van der Waals surface area contributed by atoms with Gasteiger partial charge in [-0.25, -0.2) is 0 Å². The Morgan fingerprint density at radius 2 is 2.29 bits per heavy atom. The van der Waals surface area contributed by atoms with E-state index in [2.05, 4.69) is 9.59 Å². The number of benzene rings is 1. The second-order valence-electron chi connectivity index (χ2n) is 3.54. The number of aliphatic hydroxyl groups excluding tert-OH is 1. The van der Waals surface area contributed by atoms with E-state index < -0.39 is 6.10 Å². The SMILES string of the molecule is OC(c1csnn1)c1cc2cccc(Cl)c2o1. The molecule has 0 bridgehead atoms. The van der Waals surface area contributed by atoms with Gasteiger partial charge < -0.3 is 9.52 Å². The maximum atomic E-state index is 10.0. The molecule has 0 radical (unpaired) electrons. The molecule has 2 aromatic heterocycles. The molecule has 1 atom stereocenters. The van der Waals surface area contributed by atoms with Gasteiger partial charge in [-0.3, -0.25) is 0 Å². The minimum atomic E-state index is -0.905. The summed E-state index contributed by atoms with van der Waals surface area (Å²) in [7, 11) is 0. The summed E-state index contributed by atoms with van der Waals surface area (Å²) in [5.41, 5.74) is 1.05. The first-order valence-electron chi connectivity index (χ1n) is 4.88. The summed E-state index contributed by atoms with van der Waals surface area (Å²) in [5, 5.41) is 16.9. The maximum Gasteiger partial charge on any atom is 0.156 e. The Balaban J connectivity index is 2.10. The molecule has 0 fully saturated rings. The Kier molecular flexibility index (Phi) is 2.58. The van der Waals surface area contributed by atoms with Gasteiger partial charge in [0.1, 0.15) is 11.5 Å². The molecular formula is C11H7ClN2O2S. The number of hydrogen-bond acceptors (Lipinski definition) is 5. The maximum absolute atomic E-state index is 10.0. The van der Waals surface area contributed by atoms with Crippen molar-refractivity contribution in [3.05, 3.63) is 46.1 Å². The van der Waals surface area contributed by atoms with E-state index in [0.717, 1.165) is 5.39 Å². The minimum Gasteiger partial charge on any atom is -0.456 e. The van der Waals surface area contributed by atoms with Crippen LogP contribution >= 0.6 is 23.1 Å². The van der Waals surface area contributed by atoms with Crippen LogP contribution in [0.4, 0.5) is 0 Å². The third-order valence-electron chi connectivity index (χ3n) is 2.44. The van der Waals surface area contributed by atoms with Gasteiger partial charge in [-0.05, 0) is 23.7 Å². The zero-order valence-corrected chi connectivity index (χ0v) is 10.1. The van der Waals surface area contributed by atoms with Crippen LogP contribution in [-0.2, 0) is 0 Å². The zero-order valence-electron chi connectivity index (χ0n) is 8.50. The molecule has 17 heavy (non-hydrogen) atoms. The molecule has 0 aliphatic heterocycles. The molecule has 3 aromatic rings. The monoisotopic (exact) mass is 266 g/mol. The topological polar surface area (TPSA) is 59.2 Å². The van der Waals surface area contributed by atoms with Gasteiger partial charge in [-0.1, -0.05) is 28.2 Å². The van der Waals surface area contributed by atoms with E-state index in [1.165, 1.54) is 11.5 Å². The van der Waals surface area contributed by atoms with Crippen LogP contribution in [0.1, 0.15) is 17.6 Å². The second-order valence-corrected chi connectivity index (χ2v) is 4.56. The smallest absolute Gasteiger partial charge is 0.156 e. The molecule has 1 unspecified atom stereocenters. The van der Waals surface area contributed by atoms with Crippen molar-refractivity contribution in [2.24, 2.45) is 0 Å². The highest BCUT2D eigenvalue weighted by Gasteiger charge is 2.18. The number of aromatic nitrogens is 2. The van der Waals surface area contributed by atoms with E-state index >= 15 is 0 Å². The molecule has 0 aliphatic rings. The number of rotatable bonds is 2. The van der Waals surface area contributed by atoms with Gasteiger partial charge in [0.05, 0.1) is 5.02 Å². The van der Waals surface area contributed by atoms with E-state index in [1.54, 1.807) is 17.5 Å². The molecule has 2 heterocycles. The number of para-hydroxylation sites is 1. The lowest BCUT2D eigenvalue weighted by Crippen LogP contribution is -1.97. The highest BCUT2D eigenvalue weighted by Crippen LogP contribution is 2.31. The van der Waals surface area contributed by atoms with Crippen molar-refractivity contribution >= 4 is 34.1 Å². The van der Waals surface area contributed by atoms with Gasteiger partial charge >= 0.3 is 0 Å². The number of nitrogens with zero attached hydrogens (tertiary/aromatic N) is 2. The Labute approximate surface area is 106 Å². The van der Waals surface area contributed by atoms with Gasteiger partial charge in [0.15, 0.2) is 11.7 Å². The normalized spacial score (nSPS) is 13.1. The average molecular weight is 267 g/mol. The van der Waals surface area contributed by atoms with Crippen molar-refractivity contribution < 1.29 is 9.52 Å². The third kappa shape index (κ3) is 1.82. The fourth-order valence-electron chi connectivity index (χ4n) is 1.62. The number of fused-ring (bicyclic) bond motifs is 1. The van der Waals surface area contributed by atoms with Crippen molar-refractivity contribution in [3.8, 4) is 0 Å². The van der Waals surface area contributed by atoms with E-state index in [4.69, 9.17) is 16.0 Å². The Morgan fingerprint density at radius 1 is 1.41 bits per heavy atom. The van der Waals surface area contributed by atoms with Gasteiger partial charge in [0, 0.05) is 10.8 Å². The Morgan fingerprint density at radius 3 is 3.00 bits per heavy atom. The van der Waals surface area contributed by atoms with Crippen molar-refractivity contribution in [1.82, 2.24) is 9.59 Å².